The molecule has 18 atom stereocenters. The highest BCUT2D eigenvalue weighted by atomic mass is 16.7. The number of nitrogens with one attached hydrogen (secondary N) is 13. The number of Topliss-reactive ketones (excluding diaryl/α,β-unsaturated/α-hetero) is 2. The summed E-state index contributed by atoms with van der Waals surface area (Å²) in [4.78, 5) is 205. The number of hydrogen-bond donors (Lipinski definition) is 23. The molecule has 13 amide bonds. The average molecular weight is 1900 g/mol. The van der Waals surface area contributed by atoms with E-state index in [1.807, 2.05) is 43.3 Å². The van der Waals surface area contributed by atoms with Crippen LogP contribution in [0.5, 0.6) is 5.75 Å². The van der Waals surface area contributed by atoms with E-state index in [0.29, 0.717) is 68.7 Å². The summed E-state index contributed by atoms with van der Waals surface area (Å²) in [6.07, 6.45) is -2.25. The van der Waals surface area contributed by atoms with Crippen LogP contribution >= 0.6 is 0 Å². The Hall–Kier alpha value is -10.6. The summed E-state index contributed by atoms with van der Waals surface area (Å²) in [7, 11) is 0. The summed E-state index contributed by atoms with van der Waals surface area (Å²) in [6.45, 7) is 13.4. The number of rotatable bonds is 52. The first-order chi connectivity index (χ1) is 64.5. The predicted molar refractivity (Wildman–Crippen MR) is 501 cm³/mol. The van der Waals surface area contributed by atoms with E-state index in [4.69, 9.17) is 47.6 Å². The number of benzene rings is 3. The van der Waals surface area contributed by atoms with Gasteiger partial charge < -0.3 is 142 Å². The van der Waals surface area contributed by atoms with Gasteiger partial charge in [-0.3, -0.25) is 71.9 Å². The topological polar surface area (TPSA) is 681 Å². The molecule has 2 saturated heterocycles. The van der Waals surface area contributed by atoms with Gasteiger partial charge in [0.15, 0.2) is 17.9 Å². The van der Waals surface area contributed by atoms with Gasteiger partial charge in [-0.2, -0.15) is 0 Å². The first kappa shape index (κ1) is 117. The van der Waals surface area contributed by atoms with Crippen molar-refractivity contribution in [3.05, 3.63) is 90.0 Å². The second-order valence-electron chi connectivity index (χ2n) is 34.0. The van der Waals surface area contributed by atoms with Gasteiger partial charge in [0.25, 0.3) is 0 Å². The van der Waals surface area contributed by atoms with Crippen molar-refractivity contribution in [1.29, 1.82) is 0 Å². The van der Waals surface area contributed by atoms with Crippen LogP contribution < -0.4 is 103 Å². The average Bonchev–Trinajstić information content (AvgIpc) is 0.938. The van der Waals surface area contributed by atoms with Crippen LogP contribution in [0.2, 0.25) is 0 Å². The molecular weight excluding hydrogens is 1750 g/mol. The number of hydrogen-bond acceptors (Lipinski definition) is 29. The molecule has 28 N–H and O–H groups in total. The molecule has 135 heavy (non-hydrogen) atoms. The maximum atomic E-state index is 14.6. The lowest BCUT2D eigenvalue weighted by molar-refractivity contribution is -0.293. The van der Waals surface area contributed by atoms with E-state index < -0.39 is 187 Å². The highest BCUT2D eigenvalue weighted by Gasteiger charge is 2.43. The minimum Gasteiger partial charge on any atom is -0.486 e. The highest BCUT2D eigenvalue weighted by molar-refractivity contribution is 6.00. The first-order valence-electron chi connectivity index (χ1n) is 47.0. The van der Waals surface area contributed by atoms with Crippen molar-refractivity contribution in [1.82, 2.24) is 69.1 Å². The summed E-state index contributed by atoms with van der Waals surface area (Å²) >= 11 is 0. The second-order valence-corrected chi connectivity index (χ2v) is 34.0. The molecule has 0 aliphatic carbocycles. The Labute approximate surface area is 790 Å². The molecule has 42 heteroatoms. The molecule has 3 aromatic rings. The molecule has 2 aliphatic heterocycles. The van der Waals surface area contributed by atoms with Gasteiger partial charge in [-0.05, 0) is 172 Å². The molecule has 0 aromatic heterocycles. The smallest absolute Gasteiger partial charge is 0.245 e. The molecular formula is C93H150N18O24. The Morgan fingerprint density at radius 1 is 0.519 bits per heavy atom. The molecule has 2 heterocycles. The highest BCUT2D eigenvalue weighted by Crippen LogP contribution is 2.26. The van der Waals surface area contributed by atoms with Gasteiger partial charge >= 0.3 is 0 Å². The van der Waals surface area contributed by atoms with Crippen LogP contribution in [0.15, 0.2) is 78.9 Å². The summed E-state index contributed by atoms with van der Waals surface area (Å²) in [5.41, 5.74) is 32.6. The Morgan fingerprint density at radius 2 is 1.07 bits per heavy atom. The van der Waals surface area contributed by atoms with E-state index in [2.05, 4.69) is 76.0 Å². The van der Waals surface area contributed by atoms with Crippen LogP contribution in [-0.2, 0) is 87.8 Å². The Morgan fingerprint density at radius 3 is 1.67 bits per heavy atom. The minimum atomic E-state index is -1.78. The normalized spacial score (nSPS) is 21.9. The summed E-state index contributed by atoms with van der Waals surface area (Å²) < 4.78 is 21.7. The third kappa shape index (κ3) is 43.1. The van der Waals surface area contributed by atoms with Crippen molar-refractivity contribution in [2.45, 2.75) is 306 Å². The number of carbonyl (C=O) groups is 15. The zero-order valence-electron chi connectivity index (χ0n) is 79.2. The number of nitrogens with two attached hydrogens (primary N) is 5. The standard InChI is InChI=1S/C60H105N17O14.C33H45NO10/c1-7-9-10-11-12-16-19-38(67-47(80)8-2)50(81)69-43(24-30-65)56(87)77-49(36(6)79)60(91)73-41(22-28-63)52(83)72-44-25-31-66-59(90)48(35(5)78)76-55(86)42(23-29-64)70-51(82)39(20-26-61)71-57(88)45(32-34(3)4)74-58(89)46(33-37-17-14-13-15-18-37)75-53(84)40(21-27-62)68-54(44)85;1-3-41-18-6-11-28(36)25-9-4-8-24(20-25)23-13-15-27(16-14-23)43-21-26(35)10-5-17-34-29(37)12-7-19-42-33-32(40)31(39)30(38)22(2)44-33/h13-15,17-18,34-36,38-46,48-49,78-79H,7-12,16,19-33,61-65H2,1-6H3,(H,66,90)(H,67,80)(H,68,85)(H,69,81)(H,70,82)(H,71,88)(H,72,83)(H,73,91)(H,74,89)(H,75,84)(H,76,86)(H,77,87);4,8-9,13-16,20,22,30-33,38-40H,3,5-7,10-12,17-19,21H2,1-2H3,(H,34,37)/t35-,36-,38+,39+,40+,41+,42+,43+,44+,45+,46-,48+,49+;22-,30-,31?,32-,33?/m10/s1. The second kappa shape index (κ2) is 64.4. The number of unbranched alkanes of at least 4 members (excludes halogenated alkanes) is 5. The maximum Gasteiger partial charge on any atom is 0.245 e. The van der Waals surface area contributed by atoms with Crippen LogP contribution in [0.3, 0.4) is 0 Å². The molecule has 2 unspecified atom stereocenters. The molecule has 2 aliphatic rings. The predicted octanol–water partition coefficient (Wildman–Crippen LogP) is -2.38. The first-order valence-corrected chi connectivity index (χ1v) is 47.0. The number of aliphatic hydroxyl groups is 5. The van der Waals surface area contributed by atoms with Crippen molar-refractivity contribution in [3.8, 4) is 16.9 Å². The number of aliphatic hydroxyl groups excluding tert-OH is 5. The van der Waals surface area contributed by atoms with Crippen molar-refractivity contribution >= 4 is 88.4 Å². The Bertz CT molecular complexity index is 4180. The van der Waals surface area contributed by atoms with Crippen molar-refractivity contribution in [2.24, 2.45) is 34.6 Å². The summed E-state index contributed by atoms with van der Waals surface area (Å²) in [5, 5.41) is 84.7. The lowest BCUT2D eigenvalue weighted by atomic mass is 9.99. The molecule has 0 saturated carbocycles. The largest absolute Gasteiger partial charge is 0.486 e. The molecule has 0 spiro atoms. The van der Waals surface area contributed by atoms with Crippen LogP contribution in [0.4, 0.5) is 0 Å². The zero-order chi connectivity index (χ0) is 100. The number of carbonyl (C=O) groups excluding carboxylic acids is 15. The third-order valence-electron chi connectivity index (χ3n) is 22.3. The number of amides is 13. The summed E-state index contributed by atoms with van der Waals surface area (Å²) in [6, 6.07) is 7.18. The Balaban J connectivity index is 0.000000717. The van der Waals surface area contributed by atoms with Crippen molar-refractivity contribution in [3.63, 3.8) is 0 Å². The molecule has 0 bridgehead atoms. The van der Waals surface area contributed by atoms with E-state index >= 15 is 0 Å². The lowest BCUT2D eigenvalue weighted by Crippen LogP contribution is -2.62. The van der Waals surface area contributed by atoms with E-state index in [1.165, 1.54) is 13.8 Å². The summed E-state index contributed by atoms with van der Waals surface area (Å²) in [5.74, 6) is -10.5. The maximum absolute atomic E-state index is 14.6. The van der Waals surface area contributed by atoms with Crippen LogP contribution in [0, 0.1) is 5.92 Å². The fourth-order valence-electron chi connectivity index (χ4n) is 14.5. The molecule has 42 nitrogen and oxygen atoms in total. The zero-order valence-corrected chi connectivity index (χ0v) is 79.2. The minimum absolute atomic E-state index is 0.0352. The van der Waals surface area contributed by atoms with Gasteiger partial charge in [0.1, 0.15) is 97.1 Å². The molecule has 5 rings (SSSR count). The Kier molecular flexibility index (Phi) is 55.7. The van der Waals surface area contributed by atoms with Gasteiger partial charge in [-0.15, -0.1) is 0 Å². The molecule has 2 fully saturated rings. The van der Waals surface area contributed by atoms with E-state index in [1.54, 1.807) is 70.2 Å². The van der Waals surface area contributed by atoms with Crippen molar-refractivity contribution in [2.75, 3.05) is 72.2 Å². The van der Waals surface area contributed by atoms with Crippen LogP contribution in [0.25, 0.3) is 11.1 Å². The molecule has 756 valence electrons. The van der Waals surface area contributed by atoms with Gasteiger partial charge in [-0.25, -0.2) is 0 Å². The number of ether oxygens (including phenoxy) is 4. The fraction of sp³-hybridized carbons (Fsp3) is 0.645. The fourth-order valence-corrected chi connectivity index (χ4v) is 14.5. The monoisotopic (exact) mass is 1900 g/mol. The van der Waals surface area contributed by atoms with Gasteiger partial charge in [0, 0.05) is 64.0 Å². The van der Waals surface area contributed by atoms with Crippen molar-refractivity contribution < 1.29 is 116 Å². The van der Waals surface area contributed by atoms with E-state index in [-0.39, 0.29) is 146 Å². The number of ketones is 2. The molecule has 3 aromatic carbocycles. The molecule has 0 radical (unpaired) electrons. The third-order valence-corrected chi connectivity index (χ3v) is 22.3. The lowest BCUT2D eigenvalue weighted by Gasteiger charge is -2.38. The SMILES string of the molecule is CCCCCCCC[C@H](NC(=O)CC)C(=O)N[C@@H](CCN)C(=O)N[C@H](C(=O)N[C@@H](CCN)C(=O)N[C@H]1CCNC(=O)[C@H]([C@@H](C)O)NC(=O)[C@H](CCN)NC(=O)[C@H](CCN)NC(=O)[C@H](CC(C)C)NC(=O)[C@@H](Cc2ccccc2)NC(=O)[C@H](CCN)NC1=O)[C@@H](C)O.CCOCCCC(=O)c1cccc(-c2ccc(OCC(=O)CCCNC(=O)CCCOC3O[C@@H](C)[C@H](O)C(O)[C@@H]3O)cc2)c1. The van der Waals surface area contributed by atoms with Gasteiger partial charge in [0.2, 0.25) is 76.8 Å². The van der Waals surface area contributed by atoms with Gasteiger partial charge in [-0.1, -0.05) is 127 Å². The van der Waals surface area contributed by atoms with E-state index in [9.17, 15) is 97.5 Å². The van der Waals surface area contributed by atoms with Crippen LogP contribution in [0.1, 0.15) is 206 Å². The van der Waals surface area contributed by atoms with Crippen LogP contribution in [-0.4, -0.2) is 296 Å². The van der Waals surface area contributed by atoms with Gasteiger partial charge in [0.05, 0.1) is 24.9 Å². The van der Waals surface area contributed by atoms with E-state index in [0.717, 1.165) is 43.2 Å². The quantitative estimate of drug-likeness (QED) is 0.0207.